The fourth-order valence-corrected chi connectivity index (χ4v) is 4.33. The molecule has 1 aromatic heterocycles. The lowest BCUT2D eigenvalue weighted by Gasteiger charge is -2.33. The van der Waals surface area contributed by atoms with Crippen LogP contribution >= 0.6 is 0 Å². The third-order valence-electron chi connectivity index (χ3n) is 6.40. The second-order valence-corrected chi connectivity index (χ2v) is 8.67. The number of hydrogen-bond acceptors (Lipinski definition) is 9. The third-order valence-corrected chi connectivity index (χ3v) is 6.40. The molecule has 2 aliphatic rings. The summed E-state index contributed by atoms with van der Waals surface area (Å²) in [6.07, 6.45) is 3.37. The molecular weight excluding hydrogens is 455 g/mol. The number of aromatic nitrogens is 2. The Morgan fingerprint density at radius 3 is 2.63 bits per heavy atom. The van der Waals surface area contributed by atoms with E-state index >= 15 is 0 Å². The first-order chi connectivity index (χ1) is 16.9. The number of rotatable bonds is 8. The maximum absolute atomic E-state index is 13.7. The average Bonchev–Trinajstić information content (AvgIpc) is 2.88. The van der Waals surface area contributed by atoms with E-state index in [1.165, 1.54) is 25.4 Å². The summed E-state index contributed by atoms with van der Waals surface area (Å²) in [7, 11) is 1.40. The largest absolute Gasteiger partial charge is 0.496 e. The Labute approximate surface area is 203 Å². The summed E-state index contributed by atoms with van der Waals surface area (Å²) < 4.78 is 24.2. The van der Waals surface area contributed by atoms with Crippen LogP contribution in [0.1, 0.15) is 35.2 Å². The molecule has 2 aromatic rings. The summed E-state index contributed by atoms with van der Waals surface area (Å²) in [4.78, 5) is 38.1. The summed E-state index contributed by atoms with van der Waals surface area (Å²) in [5.41, 5.74) is 6.16. The fraction of sp³-hybridized carbons (Fsp3) is 0.500. The Morgan fingerprint density at radius 2 is 1.94 bits per heavy atom. The van der Waals surface area contributed by atoms with Gasteiger partial charge in [0.1, 0.15) is 17.4 Å². The molecule has 1 aromatic carbocycles. The summed E-state index contributed by atoms with van der Waals surface area (Å²) in [5.74, 6) is -0.362. The van der Waals surface area contributed by atoms with Gasteiger partial charge in [-0.05, 0) is 31.0 Å². The van der Waals surface area contributed by atoms with Crippen molar-refractivity contribution in [2.45, 2.75) is 25.3 Å². The van der Waals surface area contributed by atoms with Crippen molar-refractivity contribution in [1.82, 2.24) is 19.8 Å². The number of nitrogen functional groups attached to an aromatic ring is 1. The second kappa shape index (κ2) is 11.4. The molecule has 0 bridgehead atoms. The Morgan fingerprint density at radius 1 is 1.20 bits per heavy atom. The van der Waals surface area contributed by atoms with Crippen molar-refractivity contribution in [3.63, 3.8) is 0 Å². The molecule has 0 unspecified atom stereocenters. The topological polar surface area (TPSA) is 123 Å². The molecule has 4 rings (SSSR count). The minimum Gasteiger partial charge on any atom is -0.496 e. The molecule has 0 aliphatic carbocycles. The number of benzene rings is 1. The molecule has 2 saturated heterocycles. The van der Waals surface area contributed by atoms with Crippen molar-refractivity contribution in [2.24, 2.45) is 0 Å². The lowest BCUT2D eigenvalue weighted by atomic mass is 10.0. The predicted molar refractivity (Wildman–Crippen MR) is 128 cm³/mol. The first kappa shape index (κ1) is 24.8. The van der Waals surface area contributed by atoms with Crippen LogP contribution in [0.3, 0.4) is 0 Å². The maximum atomic E-state index is 13.7. The standard InChI is InChI=1S/C24H31FN6O4/c1-34-20-3-2-16(25)14-18(20)22(33)19-15-27-24(29-23(19)26)28-17-4-8-31(9-5-17)21(32)6-7-30-10-12-35-13-11-30/h2-3,14-15,17H,4-13H2,1H3,(H3,26,27,28,29). The molecule has 1 amide bonds. The molecule has 0 spiro atoms. The maximum Gasteiger partial charge on any atom is 0.224 e. The number of methoxy groups -OCH3 is 1. The molecule has 10 nitrogen and oxygen atoms in total. The second-order valence-electron chi connectivity index (χ2n) is 8.67. The monoisotopic (exact) mass is 486 g/mol. The zero-order valence-electron chi connectivity index (χ0n) is 19.8. The smallest absolute Gasteiger partial charge is 0.224 e. The number of anilines is 2. The number of carbonyl (C=O) groups excluding carboxylic acids is 2. The third kappa shape index (κ3) is 6.23. The van der Waals surface area contributed by atoms with Gasteiger partial charge in [0.25, 0.3) is 0 Å². The van der Waals surface area contributed by atoms with Crippen molar-refractivity contribution in [3.8, 4) is 5.75 Å². The number of ketones is 1. The van der Waals surface area contributed by atoms with E-state index in [1.807, 2.05) is 4.90 Å². The Hall–Kier alpha value is -3.31. The number of ether oxygens (including phenoxy) is 2. The van der Waals surface area contributed by atoms with Gasteiger partial charge in [0, 0.05) is 51.4 Å². The lowest BCUT2D eigenvalue weighted by molar-refractivity contribution is -0.132. The number of halogens is 1. The SMILES string of the molecule is COc1ccc(F)cc1C(=O)c1cnc(NC2CCN(C(=O)CCN3CCOCC3)CC2)nc1N. The quantitative estimate of drug-likeness (QED) is 0.535. The van der Waals surface area contributed by atoms with Gasteiger partial charge in [0.15, 0.2) is 0 Å². The van der Waals surface area contributed by atoms with Crippen molar-refractivity contribution in [2.75, 3.05) is 64.1 Å². The van der Waals surface area contributed by atoms with Crippen LogP contribution in [0.5, 0.6) is 5.75 Å². The minimum atomic E-state index is -0.558. The first-order valence-electron chi connectivity index (χ1n) is 11.8. The molecular formula is C24H31FN6O4. The van der Waals surface area contributed by atoms with Crippen LogP contribution in [0.2, 0.25) is 0 Å². The molecule has 0 atom stereocenters. The molecule has 3 heterocycles. The number of likely N-dealkylation sites (tertiary alicyclic amines) is 1. The fourth-order valence-electron chi connectivity index (χ4n) is 4.33. The summed E-state index contributed by atoms with van der Waals surface area (Å²) in [6.45, 7) is 5.29. The van der Waals surface area contributed by atoms with Crippen LogP contribution in [0.4, 0.5) is 16.2 Å². The molecule has 0 radical (unpaired) electrons. The average molecular weight is 487 g/mol. The van der Waals surface area contributed by atoms with E-state index in [-0.39, 0.29) is 34.6 Å². The van der Waals surface area contributed by atoms with Gasteiger partial charge < -0.3 is 25.4 Å². The van der Waals surface area contributed by atoms with E-state index in [0.29, 0.717) is 25.5 Å². The summed E-state index contributed by atoms with van der Waals surface area (Å²) in [5, 5.41) is 3.24. The highest BCUT2D eigenvalue weighted by molar-refractivity contribution is 6.13. The lowest BCUT2D eigenvalue weighted by Crippen LogP contribution is -2.44. The van der Waals surface area contributed by atoms with Crippen LogP contribution in [0.15, 0.2) is 24.4 Å². The van der Waals surface area contributed by atoms with Gasteiger partial charge in [-0.2, -0.15) is 4.98 Å². The molecule has 11 heteroatoms. The highest BCUT2D eigenvalue weighted by Gasteiger charge is 2.25. The van der Waals surface area contributed by atoms with Gasteiger partial charge in [0.2, 0.25) is 17.6 Å². The molecule has 188 valence electrons. The van der Waals surface area contributed by atoms with Gasteiger partial charge in [-0.1, -0.05) is 0 Å². The zero-order chi connectivity index (χ0) is 24.8. The van der Waals surface area contributed by atoms with Gasteiger partial charge in [0.05, 0.1) is 31.5 Å². The van der Waals surface area contributed by atoms with Crippen molar-refractivity contribution >= 4 is 23.5 Å². The van der Waals surface area contributed by atoms with Gasteiger partial charge in [-0.25, -0.2) is 9.37 Å². The summed E-state index contributed by atoms with van der Waals surface area (Å²) in [6, 6.07) is 3.78. The Balaban J connectivity index is 1.30. The van der Waals surface area contributed by atoms with Crippen molar-refractivity contribution < 1.29 is 23.5 Å². The zero-order valence-corrected chi connectivity index (χ0v) is 19.8. The van der Waals surface area contributed by atoms with Crippen LogP contribution in [-0.4, -0.2) is 90.5 Å². The number of amides is 1. The highest BCUT2D eigenvalue weighted by atomic mass is 19.1. The normalized spacial score (nSPS) is 17.3. The number of carbonyl (C=O) groups is 2. The number of nitrogens with zero attached hydrogens (tertiary/aromatic N) is 4. The number of piperidine rings is 1. The van der Waals surface area contributed by atoms with Crippen LogP contribution in [0.25, 0.3) is 0 Å². The number of hydrogen-bond donors (Lipinski definition) is 2. The van der Waals surface area contributed by atoms with Crippen molar-refractivity contribution in [1.29, 1.82) is 0 Å². The van der Waals surface area contributed by atoms with E-state index < -0.39 is 11.6 Å². The number of nitrogens with two attached hydrogens (primary N) is 1. The molecule has 2 fully saturated rings. The molecule has 35 heavy (non-hydrogen) atoms. The number of morpholine rings is 1. The number of nitrogens with one attached hydrogen (secondary N) is 1. The molecule has 0 saturated carbocycles. The van der Waals surface area contributed by atoms with E-state index in [2.05, 4.69) is 20.2 Å². The van der Waals surface area contributed by atoms with Crippen molar-refractivity contribution in [3.05, 3.63) is 41.3 Å². The Bertz CT molecular complexity index is 1050. The molecule has 2 aliphatic heterocycles. The van der Waals surface area contributed by atoms with Gasteiger partial charge in [-0.3, -0.25) is 14.5 Å². The van der Waals surface area contributed by atoms with Crippen LogP contribution in [0, 0.1) is 5.82 Å². The van der Waals surface area contributed by atoms with Crippen LogP contribution in [-0.2, 0) is 9.53 Å². The van der Waals surface area contributed by atoms with Gasteiger partial charge >= 0.3 is 0 Å². The van der Waals surface area contributed by atoms with E-state index in [4.69, 9.17) is 15.2 Å². The summed E-state index contributed by atoms with van der Waals surface area (Å²) >= 11 is 0. The van der Waals surface area contributed by atoms with E-state index in [0.717, 1.165) is 51.8 Å². The Kier molecular flexibility index (Phi) is 8.09. The first-order valence-corrected chi connectivity index (χ1v) is 11.8. The minimum absolute atomic E-state index is 0.00505. The predicted octanol–water partition coefficient (Wildman–Crippen LogP) is 1.56. The molecule has 3 N–H and O–H groups in total. The van der Waals surface area contributed by atoms with Crippen LogP contribution < -0.4 is 15.8 Å². The highest BCUT2D eigenvalue weighted by Crippen LogP contribution is 2.25. The van der Waals surface area contributed by atoms with E-state index in [9.17, 15) is 14.0 Å². The van der Waals surface area contributed by atoms with Gasteiger partial charge in [-0.15, -0.1) is 0 Å². The van der Waals surface area contributed by atoms with E-state index in [1.54, 1.807) is 0 Å².